The molecular formula is C20H17F3N4O. The van der Waals surface area contributed by atoms with E-state index >= 15 is 0 Å². The van der Waals surface area contributed by atoms with Gasteiger partial charge >= 0.3 is 6.18 Å². The van der Waals surface area contributed by atoms with Crippen molar-refractivity contribution < 1.29 is 18.0 Å². The fourth-order valence-electron chi connectivity index (χ4n) is 2.52. The lowest BCUT2D eigenvalue weighted by atomic mass is 10.00. The predicted molar refractivity (Wildman–Crippen MR) is 100 cm³/mol. The van der Waals surface area contributed by atoms with Crippen molar-refractivity contribution in [3.05, 3.63) is 78.4 Å². The van der Waals surface area contributed by atoms with Crippen LogP contribution in [0.4, 0.5) is 30.2 Å². The first-order chi connectivity index (χ1) is 13.3. The molecule has 0 spiro atoms. The summed E-state index contributed by atoms with van der Waals surface area (Å²) in [6, 6.07) is 12.8. The van der Waals surface area contributed by atoms with Gasteiger partial charge in [0.15, 0.2) is 0 Å². The van der Waals surface area contributed by atoms with Crippen LogP contribution in [0.2, 0.25) is 0 Å². The van der Waals surface area contributed by atoms with Gasteiger partial charge in [0.1, 0.15) is 5.69 Å². The van der Waals surface area contributed by atoms with Crippen LogP contribution in [0.15, 0.2) is 67.1 Å². The fraction of sp³-hybridized carbons (Fsp3) is 0.150. The molecule has 1 unspecified atom stereocenters. The van der Waals surface area contributed by atoms with Gasteiger partial charge in [-0.1, -0.05) is 12.1 Å². The summed E-state index contributed by atoms with van der Waals surface area (Å²) in [4.78, 5) is 19.6. The van der Waals surface area contributed by atoms with Gasteiger partial charge in [0.2, 0.25) is 5.91 Å². The molecule has 0 saturated heterocycles. The van der Waals surface area contributed by atoms with Gasteiger partial charge in [-0.3, -0.25) is 14.8 Å². The van der Waals surface area contributed by atoms with E-state index in [0.29, 0.717) is 11.4 Å². The van der Waals surface area contributed by atoms with Crippen molar-refractivity contribution in [1.82, 2.24) is 9.97 Å². The van der Waals surface area contributed by atoms with E-state index in [9.17, 15) is 18.0 Å². The second kappa shape index (κ2) is 8.08. The van der Waals surface area contributed by atoms with Crippen LogP contribution in [0, 0.1) is 0 Å². The molecule has 0 aliphatic carbocycles. The lowest BCUT2D eigenvalue weighted by Gasteiger charge is -2.14. The maximum absolute atomic E-state index is 12.7. The summed E-state index contributed by atoms with van der Waals surface area (Å²) in [5.41, 5.74) is 1.30. The quantitative estimate of drug-likeness (QED) is 0.649. The number of nitrogens with zero attached hydrogens (tertiary/aromatic N) is 2. The standard InChI is InChI=1S/C20H17F3N4O/c1-13(19(28)27-17-3-2-9-24-12-17)14-4-6-15(7-5-14)26-16-8-10-25-18(11-16)20(21,22)23/h2-13H,1H3,(H,25,26)(H,27,28). The number of benzene rings is 1. The number of aromatic nitrogens is 2. The van der Waals surface area contributed by atoms with E-state index in [1.807, 2.05) is 0 Å². The molecule has 0 aliphatic rings. The average molecular weight is 386 g/mol. The molecule has 2 heterocycles. The van der Waals surface area contributed by atoms with Crippen LogP contribution < -0.4 is 10.6 Å². The maximum Gasteiger partial charge on any atom is 0.433 e. The van der Waals surface area contributed by atoms with Gasteiger partial charge < -0.3 is 10.6 Å². The summed E-state index contributed by atoms with van der Waals surface area (Å²) in [7, 11) is 0. The van der Waals surface area contributed by atoms with Crippen LogP contribution in [0.5, 0.6) is 0 Å². The number of hydrogen-bond acceptors (Lipinski definition) is 4. The minimum absolute atomic E-state index is 0.183. The largest absolute Gasteiger partial charge is 0.433 e. The second-order valence-electron chi connectivity index (χ2n) is 6.13. The molecule has 3 rings (SSSR count). The highest BCUT2D eigenvalue weighted by Crippen LogP contribution is 2.30. The SMILES string of the molecule is CC(C(=O)Nc1cccnc1)c1ccc(Nc2ccnc(C(F)(F)F)c2)cc1. The molecule has 8 heteroatoms. The van der Waals surface area contributed by atoms with Crippen molar-refractivity contribution >= 4 is 23.0 Å². The number of halogens is 3. The molecule has 2 aromatic heterocycles. The third kappa shape index (κ3) is 4.85. The maximum atomic E-state index is 12.7. The Morgan fingerprint density at radius 3 is 2.39 bits per heavy atom. The fourth-order valence-corrected chi connectivity index (χ4v) is 2.52. The van der Waals surface area contributed by atoms with Crippen molar-refractivity contribution in [2.24, 2.45) is 0 Å². The molecule has 28 heavy (non-hydrogen) atoms. The van der Waals surface area contributed by atoms with E-state index in [0.717, 1.165) is 17.8 Å². The van der Waals surface area contributed by atoms with Crippen LogP contribution in [0.1, 0.15) is 24.1 Å². The number of carbonyl (C=O) groups excluding carboxylic acids is 1. The van der Waals surface area contributed by atoms with Gasteiger partial charge in [-0.05, 0) is 48.9 Å². The van der Waals surface area contributed by atoms with Crippen LogP contribution in [0.3, 0.4) is 0 Å². The van der Waals surface area contributed by atoms with E-state index in [4.69, 9.17) is 0 Å². The van der Waals surface area contributed by atoms with Crippen LogP contribution in [-0.2, 0) is 11.0 Å². The van der Waals surface area contributed by atoms with Crippen molar-refractivity contribution in [3.63, 3.8) is 0 Å². The second-order valence-corrected chi connectivity index (χ2v) is 6.13. The molecular weight excluding hydrogens is 369 g/mol. The zero-order chi connectivity index (χ0) is 20.1. The summed E-state index contributed by atoms with van der Waals surface area (Å²) in [6.07, 6.45) is -0.226. The summed E-state index contributed by atoms with van der Waals surface area (Å²) in [5, 5.41) is 5.69. The molecule has 1 aromatic carbocycles. The van der Waals surface area contributed by atoms with E-state index < -0.39 is 17.8 Å². The molecule has 5 nitrogen and oxygen atoms in total. The molecule has 2 N–H and O–H groups in total. The molecule has 0 fully saturated rings. The monoisotopic (exact) mass is 386 g/mol. The Kier molecular flexibility index (Phi) is 5.58. The Bertz CT molecular complexity index is 944. The predicted octanol–water partition coefficient (Wildman–Crippen LogP) is 4.98. The number of amides is 1. The topological polar surface area (TPSA) is 66.9 Å². The Labute approximate surface area is 159 Å². The first kappa shape index (κ1) is 19.3. The highest BCUT2D eigenvalue weighted by atomic mass is 19.4. The molecule has 1 atom stereocenters. The Hall–Kier alpha value is -3.42. The van der Waals surface area contributed by atoms with Gasteiger partial charge in [0.05, 0.1) is 17.8 Å². The summed E-state index contributed by atoms with van der Waals surface area (Å²) in [6.45, 7) is 1.77. The summed E-state index contributed by atoms with van der Waals surface area (Å²) in [5.74, 6) is -0.593. The molecule has 144 valence electrons. The smallest absolute Gasteiger partial charge is 0.355 e. The van der Waals surface area contributed by atoms with E-state index in [-0.39, 0.29) is 11.6 Å². The number of alkyl halides is 3. The van der Waals surface area contributed by atoms with Crippen LogP contribution in [-0.4, -0.2) is 15.9 Å². The normalized spacial score (nSPS) is 12.3. The number of rotatable bonds is 5. The first-order valence-electron chi connectivity index (χ1n) is 8.44. The minimum atomic E-state index is -4.50. The van der Waals surface area contributed by atoms with Crippen molar-refractivity contribution in [2.45, 2.75) is 19.0 Å². The highest BCUT2D eigenvalue weighted by Gasteiger charge is 2.32. The number of nitrogens with one attached hydrogen (secondary N) is 2. The van der Waals surface area contributed by atoms with Crippen molar-refractivity contribution in [3.8, 4) is 0 Å². The lowest BCUT2D eigenvalue weighted by Crippen LogP contribution is -2.18. The van der Waals surface area contributed by atoms with Crippen molar-refractivity contribution in [1.29, 1.82) is 0 Å². The molecule has 0 aliphatic heterocycles. The van der Waals surface area contributed by atoms with Crippen molar-refractivity contribution in [2.75, 3.05) is 10.6 Å². The third-order valence-electron chi connectivity index (χ3n) is 4.07. The summed E-state index contributed by atoms with van der Waals surface area (Å²) >= 11 is 0. The molecule has 0 radical (unpaired) electrons. The number of pyridine rings is 2. The lowest BCUT2D eigenvalue weighted by molar-refractivity contribution is -0.141. The van der Waals surface area contributed by atoms with Gasteiger partial charge in [0, 0.05) is 23.8 Å². The zero-order valence-corrected chi connectivity index (χ0v) is 14.9. The Balaban J connectivity index is 1.67. The van der Waals surface area contributed by atoms with Gasteiger partial charge in [-0.15, -0.1) is 0 Å². The summed E-state index contributed by atoms with van der Waals surface area (Å²) < 4.78 is 38.2. The minimum Gasteiger partial charge on any atom is -0.355 e. The number of hydrogen-bond donors (Lipinski definition) is 2. The van der Waals surface area contributed by atoms with Crippen LogP contribution >= 0.6 is 0 Å². The average Bonchev–Trinajstić information content (AvgIpc) is 2.68. The molecule has 1 amide bonds. The number of carbonyl (C=O) groups is 1. The van der Waals surface area contributed by atoms with Gasteiger partial charge in [0.25, 0.3) is 0 Å². The van der Waals surface area contributed by atoms with Gasteiger partial charge in [-0.2, -0.15) is 13.2 Å². The molecule has 0 saturated carbocycles. The molecule has 0 bridgehead atoms. The third-order valence-corrected chi connectivity index (χ3v) is 4.07. The highest BCUT2D eigenvalue weighted by molar-refractivity contribution is 5.95. The van der Waals surface area contributed by atoms with Crippen LogP contribution in [0.25, 0.3) is 0 Å². The molecule has 3 aromatic rings. The number of anilines is 3. The Morgan fingerprint density at radius 1 is 1.00 bits per heavy atom. The van der Waals surface area contributed by atoms with E-state index in [2.05, 4.69) is 20.6 Å². The van der Waals surface area contributed by atoms with E-state index in [1.165, 1.54) is 6.07 Å². The zero-order valence-electron chi connectivity index (χ0n) is 14.9. The van der Waals surface area contributed by atoms with Gasteiger partial charge in [-0.25, -0.2) is 0 Å². The Morgan fingerprint density at radius 2 is 1.75 bits per heavy atom. The first-order valence-corrected chi connectivity index (χ1v) is 8.44. The van der Waals surface area contributed by atoms with E-state index in [1.54, 1.807) is 55.7 Å².